The first-order chi connectivity index (χ1) is 6.81. The minimum Gasteiger partial charge on any atom is -0.497 e. The Morgan fingerprint density at radius 1 is 1.36 bits per heavy atom. The highest BCUT2D eigenvalue weighted by atomic mass is 16.5. The van der Waals surface area contributed by atoms with Crippen LogP contribution in [0.15, 0.2) is 12.1 Å². The molecule has 0 spiro atoms. The Labute approximate surface area is 83.8 Å². The summed E-state index contributed by atoms with van der Waals surface area (Å²) in [5.41, 5.74) is 7.73. The fourth-order valence-electron chi connectivity index (χ4n) is 1.75. The Morgan fingerprint density at radius 2 is 2.21 bits per heavy atom. The highest BCUT2D eigenvalue weighted by Gasteiger charge is 2.13. The number of aryl methyl sites for hydroxylation is 1. The Bertz CT molecular complexity index is 336. The van der Waals surface area contributed by atoms with Crippen LogP contribution in [0.2, 0.25) is 0 Å². The second-order valence-electron chi connectivity index (χ2n) is 3.51. The molecule has 0 atom stereocenters. The van der Waals surface area contributed by atoms with Crippen molar-refractivity contribution in [2.45, 2.75) is 19.3 Å². The van der Waals surface area contributed by atoms with Gasteiger partial charge in [0.2, 0.25) is 0 Å². The lowest BCUT2D eigenvalue weighted by atomic mass is 10.1. The number of ether oxygens (including phenoxy) is 2. The molecule has 0 saturated heterocycles. The maximum absolute atomic E-state index is 5.88. The second kappa shape index (κ2) is 3.78. The molecule has 1 aliphatic rings. The normalized spacial score (nSPS) is 15.2. The highest BCUT2D eigenvalue weighted by molar-refractivity contribution is 5.61. The number of nitrogen functional groups attached to an aromatic ring is 1. The molecule has 3 heteroatoms. The van der Waals surface area contributed by atoms with Gasteiger partial charge in [0.15, 0.2) is 0 Å². The Kier molecular flexibility index (Phi) is 2.48. The van der Waals surface area contributed by atoms with Crippen molar-refractivity contribution in [3.63, 3.8) is 0 Å². The Hall–Kier alpha value is -1.38. The van der Waals surface area contributed by atoms with Crippen molar-refractivity contribution in [3.8, 4) is 11.5 Å². The smallest absolute Gasteiger partial charge is 0.145 e. The summed E-state index contributed by atoms with van der Waals surface area (Å²) in [5.74, 6) is 1.66. The molecule has 1 aromatic rings. The zero-order chi connectivity index (χ0) is 9.97. The monoisotopic (exact) mass is 193 g/mol. The fraction of sp³-hybridized carbons (Fsp3) is 0.455. The lowest BCUT2D eigenvalue weighted by Crippen LogP contribution is -2.00. The van der Waals surface area contributed by atoms with Gasteiger partial charge >= 0.3 is 0 Å². The molecule has 1 aromatic carbocycles. The second-order valence-corrected chi connectivity index (χ2v) is 3.51. The zero-order valence-electron chi connectivity index (χ0n) is 8.38. The van der Waals surface area contributed by atoms with Gasteiger partial charge in [-0.1, -0.05) is 0 Å². The van der Waals surface area contributed by atoms with E-state index >= 15 is 0 Å². The van der Waals surface area contributed by atoms with Crippen LogP contribution in [0.5, 0.6) is 11.5 Å². The van der Waals surface area contributed by atoms with Crippen LogP contribution in [0.3, 0.4) is 0 Å². The lowest BCUT2D eigenvalue weighted by molar-refractivity contribution is 0.318. The highest BCUT2D eigenvalue weighted by Crippen LogP contribution is 2.34. The van der Waals surface area contributed by atoms with Crippen LogP contribution >= 0.6 is 0 Å². The molecule has 0 unspecified atom stereocenters. The van der Waals surface area contributed by atoms with E-state index in [-0.39, 0.29) is 0 Å². The standard InChI is InChI=1S/C11H15NO2/c1-13-9-6-8-4-2-3-5-14-11(8)10(12)7-9/h6-7H,2-5,12H2,1H3. The van der Waals surface area contributed by atoms with E-state index in [1.807, 2.05) is 12.1 Å². The van der Waals surface area contributed by atoms with Crippen molar-refractivity contribution in [1.82, 2.24) is 0 Å². The average molecular weight is 193 g/mol. The first-order valence-electron chi connectivity index (χ1n) is 4.90. The number of anilines is 1. The van der Waals surface area contributed by atoms with Crippen molar-refractivity contribution < 1.29 is 9.47 Å². The van der Waals surface area contributed by atoms with Gasteiger partial charge in [-0.25, -0.2) is 0 Å². The molecular formula is C11H15NO2. The van der Waals surface area contributed by atoms with Crippen LogP contribution in [0.1, 0.15) is 18.4 Å². The first kappa shape index (κ1) is 9.19. The lowest BCUT2D eigenvalue weighted by Gasteiger charge is -2.11. The van der Waals surface area contributed by atoms with E-state index < -0.39 is 0 Å². The summed E-state index contributed by atoms with van der Waals surface area (Å²) in [7, 11) is 1.65. The van der Waals surface area contributed by atoms with Crippen LogP contribution in [0, 0.1) is 0 Å². The van der Waals surface area contributed by atoms with E-state index in [0.717, 1.165) is 37.4 Å². The third-order valence-corrected chi connectivity index (χ3v) is 2.49. The summed E-state index contributed by atoms with van der Waals surface area (Å²) < 4.78 is 10.8. The maximum atomic E-state index is 5.88. The van der Waals surface area contributed by atoms with Gasteiger partial charge in [0.05, 0.1) is 19.4 Å². The number of hydrogen-bond acceptors (Lipinski definition) is 3. The van der Waals surface area contributed by atoms with Gasteiger partial charge in [0.1, 0.15) is 11.5 Å². The van der Waals surface area contributed by atoms with Gasteiger partial charge in [-0.3, -0.25) is 0 Å². The molecule has 3 nitrogen and oxygen atoms in total. The van der Waals surface area contributed by atoms with Gasteiger partial charge in [-0.15, -0.1) is 0 Å². The van der Waals surface area contributed by atoms with Crippen molar-refractivity contribution in [2.24, 2.45) is 0 Å². The van der Waals surface area contributed by atoms with Crippen LogP contribution in [-0.4, -0.2) is 13.7 Å². The molecule has 0 saturated carbocycles. The largest absolute Gasteiger partial charge is 0.497 e. The fourth-order valence-corrected chi connectivity index (χ4v) is 1.75. The molecule has 0 radical (unpaired) electrons. The summed E-state index contributed by atoms with van der Waals surface area (Å²) in [4.78, 5) is 0. The van der Waals surface area contributed by atoms with Crippen LogP contribution in [0.25, 0.3) is 0 Å². The van der Waals surface area contributed by atoms with Crippen molar-refractivity contribution in [3.05, 3.63) is 17.7 Å². The van der Waals surface area contributed by atoms with E-state index in [0.29, 0.717) is 5.69 Å². The molecular weight excluding hydrogens is 178 g/mol. The van der Waals surface area contributed by atoms with Crippen LogP contribution < -0.4 is 15.2 Å². The maximum Gasteiger partial charge on any atom is 0.145 e. The number of rotatable bonds is 1. The molecule has 0 fully saturated rings. The van der Waals surface area contributed by atoms with Gasteiger partial charge < -0.3 is 15.2 Å². The van der Waals surface area contributed by atoms with Gasteiger partial charge in [0, 0.05) is 6.07 Å². The summed E-state index contributed by atoms with van der Waals surface area (Å²) in [5, 5.41) is 0. The third-order valence-electron chi connectivity index (χ3n) is 2.49. The van der Waals surface area contributed by atoms with Gasteiger partial charge in [0.25, 0.3) is 0 Å². The molecule has 0 aliphatic carbocycles. The minimum absolute atomic E-state index is 0.682. The van der Waals surface area contributed by atoms with E-state index in [9.17, 15) is 0 Å². The van der Waals surface area contributed by atoms with Crippen LogP contribution in [0.4, 0.5) is 5.69 Å². The Morgan fingerprint density at radius 3 is 3.00 bits per heavy atom. The minimum atomic E-state index is 0.682. The number of methoxy groups -OCH3 is 1. The number of hydrogen-bond donors (Lipinski definition) is 1. The number of benzene rings is 1. The van der Waals surface area contributed by atoms with Crippen molar-refractivity contribution >= 4 is 5.69 Å². The third kappa shape index (κ3) is 1.62. The van der Waals surface area contributed by atoms with Gasteiger partial charge in [-0.05, 0) is 30.9 Å². The van der Waals surface area contributed by atoms with E-state index in [2.05, 4.69) is 0 Å². The molecule has 1 aliphatic heterocycles. The SMILES string of the molecule is COc1cc(N)c2c(c1)CCCCO2. The molecule has 76 valence electrons. The van der Waals surface area contributed by atoms with Gasteiger partial charge in [-0.2, -0.15) is 0 Å². The predicted octanol–water partition coefficient (Wildman–Crippen LogP) is 1.99. The molecule has 1 heterocycles. The van der Waals surface area contributed by atoms with E-state index in [4.69, 9.17) is 15.2 Å². The zero-order valence-corrected chi connectivity index (χ0v) is 8.38. The molecule has 14 heavy (non-hydrogen) atoms. The quantitative estimate of drug-likeness (QED) is 0.694. The average Bonchev–Trinajstić information content (AvgIpc) is 2.42. The first-order valence-corrected chi connectivity index (χ1v) is 4.90. The summed E-state index contributed by atoms with van der Waals surface area (Å²) in [6.45, 7) is 0.767. The number of nitrogens with two attached hydrogens (primary N) is 1. The molecule has 0 amide bonds. The molecule has 0 bridgehead atoms. The topological polar surface area (TPSA) is 44.5 Å². The number of fused-ring (bicyclic) bond motifs is 1. The molecule has 2 rings (SSSR count). The van der Waals surface area contributed by atoms with Crippen molar-refractivity contribution in [2.75, 3.05) is 19.5 Å². The predicted molar refractivity (Wildman–Crippen MR) is 55.8 cm³/mol. The molecule has 2 N–H and O–H groups in total. The summed E-state index contributed by atoms with van der Waals surface area (Å²) in [6, 6.07) is 3.82. The Balaban J connectivity index is 2.43. The van der Waals surface area contributed by atoms with E-state index in [1.165, 1.54) is 5.56 Å². The van der Waals surface area contributed by atoms with Crippen LogP contribution in [-0.2, 0) is 6.42 Å². The summed E-state index contributed by atoms with van der Waals surface area (Å²) >= 11 is 0. The van der Waals surface area contributed by atoms with E-state index in [1.54, 1.807) is 7.11 Å². The molecule has 0 aromatic heterocycles. The summed E-state index contributed by atoms with van der Waals surface area (Å²) in [6.07, 6.45) is 3.27. The van der Waals surface area contributed by atoms with Crippen molar-refractivity contribution in [1.29, 1.82) is 0 Å².